The largest absolute Gasteiger partial charge is 0.316 e. The molecule has 0 amide bonds. The summed E-state index contributed by atoms with van der Waals surface area (Å²) in [5.41, 5.74) is 5.01. The number of benzene rings is 1. The Morgan fingerprint density at radius 3 is 2.75 bits per heavy atom. The van der Waals surface area contributed by atoms with E-state index in [2.05, 4.69) is 49.7 Å². The van der Waals surface area contributed by atoms with E-state index in [1.54, 1.807) is 11.3 Å². The van der Waals surface area contributed by atoms with Gasteiger partial charge in [0.15, 0.2) is 0 Å². The molecule has 0 spiro atoms. The summed E-state index contributed by atoms with van der Waals surface area (Å²) in [5, 5.41) is 6.86. The number of nitrogens with zero attached hydrogens (tertiary/aromatic N) is 1. The van der Waals surface area contributed by atoms with Gasteiger partial charge in [-0.25, -0.2) is 4.98 Å². The second kappa shape index (κ2) is 7.55. The Morgan fingerprint density at radius 1 is 1.15 bits per heavy atom. The molecule has 0 saturated carbocycles. The minimum Gasteiger partial charge on any atom is -0.316 e. The highest BCUT2D eigenvalue weighted by molar-refractivity contribution is 7.09. The molecule has 1 N–H and O–H groups in total. The molecule has 108 valence electrons. The van der Waals surface area contributed by atoms with Crippen LogP contribution in [0, 0.1) is 13.8 Å². The predicted octanol–water partition coefficient (Wildman–Crippen LogP) is 4.36. The molecule has 0 atom stereocenters. The van der Waals surface area contributed by atoms with Gasteiger partial charge in [0, 0.05) is 23.9 Å². The standard InChI is InChI=1S/C17H24N2S/c1-4-5-9-18-10-8-17-19-16(12-20-17)15-7-6-13(2)14(3)11-15/h6-7,11-12,18H,4-5,8-10H2,1-3H3. The van der Waals surface area contributed by atoms with Crippen LogP contribution < -0.4 is 5.32 Å². The number of thiazole rings is 1. The quantitative estimate of drug-likeness (QED) is 0.766. The van der Waals surface area contributed by atoms with Gasteiger partial charge in [-0.05, 0) is 44.0 Å². The van der Waals surface area contributed by atoms with E-state index in [9.17, 15) is 0 Å². The molecular weight excluding hydrogens is 264 g/mol. The van der Waals surface area contributed by atoms with E-state index in [1.807, 2.05) is 0 Å². The molecule has 2 nitrogen and oxygen atoms in total. The molecular formula is C17H24N2S. The van der Waals surface area contributed by atoms with Gasteiger partial charge in [-0.3, -0.25) is 0 Å². The number of hydrogen-bond acceptors (Lipinski definition) is 3. The second-order valence-electron chi connectivity index (χ2n) is 5.28. The molecule has 0 saturated heterocycles. The van der Waals surface area contributed by atoms with Crippen molar-refractivity contribution in [1.29, 1.82) is 0 Å². The highest BCUT2D eigenvalue weighted by atomic mass is 32.1. The van der Waals surface area contributed by atoms with E-state index in [-0.39, 0.29) is 0 Å². The van der Waals surface area contributed by atoms with Crippen molar-refractivity contribution in [2.45, 2.75) is 40.0 Å². The number of aryl methyl sites for hydroxylation is 2. The lowest BCUT2D eigenvalue weighted by molar-refractivity contribution is 0.639. The van der Waals surface area contributed by atoms with Gasteiger partial charge in [-0.15, -0.1) is 11.3 Å². The number of rotatable bonds is 7. The van der Waals surface area contributed by atoms with Gasteiger partial charge in [0.05, 0.1) is 10.7 Å². The average molecular weight is 288 g/mol. The molecule has 0 aliphatic carbocycles. The van der Waals surface area contributed by atoms with Crippen molar-refractivity contribution < 1.29 is 0 Å². The third-order valence-electron chi connectivity index (χ3n) is 3.58. The third-order valence-corrected chi connectivity index (χ3v) is 4.49. The van der Waals surface area contributed by atoms with Crippen LogP contribution >= 0.6 is 11.3 Å². The van der Waals surface area contributed by atoms with Crippen molar-refractivity contribution in [1.82, 2.24) is 10.3 Å². The van der Waals surface area contributed by atoms with Crippen LogP contribution in [0.2, 0.25) is 0 Å². The minimum atomic E-state index is 1.03. The van der Waals surface area contributed by atoms with E-state index in [1.165, 1.54) is 34.5 Å². The van der Waals surface area contributed by atoms with E-state index in [4.69, 9.17) is 4.98 Å². The lowest BCUT2D eigenvalue weighted by Gasteiger charge is -2.03. The zero-order valence-electron chi connectivity index (χ0n) is 12.7. The minimum absolute atomic E-state index is 1.03. The molecule has 0 unspecified atom stereocenters. The molecule has 20 heavy (non-hydrogen) atoms. The normalized spacial score (nSPS) is 10.9. The van der Waals surface area contributed by atoms with E-state index >= 15 is 0 Å². The molecule has 1 aromatic carbocycles. The summed E-state index contributed by atoms with van der Waals surface area (Å²) in [4.78, 5) is 4.75. The van der Waals surface area contributed by atoms with Gasteiger partial charge >= 0.3 is 0 Å². The highest BCUT2D eigenvalue weighted by Gasteiger charge is 2.05. The molecule has 1 aromatic heterocycles. The molecule has 1 heterocycles. The predicted molar refractivity (Wildman–Crippen MR) is 88.5 cm³/mol. The van der Waals surface area contributed by atoms with Crippen LogP contribution in [0.5, 0.6) is 0 Å². The van der Waals surface area contributed by atoms with E-state index in [0.29, 0.717) is 0 Å². The fraction of sp³-hybridized carbons (Fsp3) is 0.471. The highest BCUT2D eigenvalue weighted by Crippen LogP contribution is 2.24. The van der Waals surface area contributed by atoms with Crippen molar-refractivity contribution in [3.05, 3.63) is 39.7 Å². The second-order valence-corrected chi connectivity index (χ2v) is 6.22. The first-order valence-corrected chi connectivity index (χ1v) is 8.31. The summed E-state index contributed by atoms with van der Waals surface area (Å²) in [5.74, 6) is 0. The first kappa shape index (κ1) is 15.2. The van der Waals surface area contributed by atoms with Crippen LogP contribution in [0.15, 0.2) is 23.6 Å². The Kier molecular flexibility index (Phi) is 5.74. The van der Waals surface area contributed by atoms with Crippen LogP contribution in [0.1, 0.15) is 35.9 Å². The fourth-order valence-corrected chi connectivity index (χ4v) is 2.89. The molecule has 0 bridgehead atoms. The Hall–Kier alpha value is -1.19. The molecule has 0 aliphatic rings. The van der Waals surface area contributed by atoms with Gasteiger partial charge < -0.3 is 5.32 Å². The van der Waals surface area contributed by atoms with Gasteiger partial charge in [0.2, 0.25) is 0 Å². The summed E-state index contributed by atoms with van der Waals surface area (Å²) in [7, 11) is 0. The zero-order valence-corrected chi connectivity index (χ0v) is 13.5. The topological polar surface area (TPSA) is 24.9 Å². The van der Waals surface area contributed by atoms with Crippen molar-refractivity contribution in [3.8, 4) is 11.3 Å². The van der Waals surface area contributed by atoms with Gasteiger partial charge in [0.25, 0.3) is 0 Å². The van der Waals surface area contributed by atoms with Crippen molar-refractivity contribution >= 4 is 11.3 Å². The van der Waals surface area contributed by atoms with E-state index < -0.39 is 0 Å². The van der Waals surface area contributed by atoms with Crippen LogP contribution in [0.3, 0.4) is 0 Å². The lowest BCUT2D eigenvalue weighted by Crippen LogP contribution is -2.18. The van der Waals surface area contributed by atoms with Crippen LogP contribution in [0.4, 0.5) is 0 Å². The number of hydrogen-bond donors (Lipinski definition) is 1. The van der Waals surface area contributed by atoms with E-state index in [0.717, 1.165) is 25.2 Å². The lowest BCUT2D eigenvalue weighted by atomic mass is 10.1. The Bertz CT molecular complexity index is 546. The van der Waals surface area contributed by atoms with Crippen LogP contribution in [0.25, 0.3) is 11.3 Å². The monoisotopic (exact) mass is 288 g/mol. The Morgan fingerprint density at radius 2 is 2.00 bits per heavy atom. The maximum Gasteiger partial charge on any atom is 0.0945 e. The first-order valence-electron chi connectivity index (χ1n) is 7.43. The van der Waals surface area contributed by atoms with Crippen molar-refractivity contribution in [2.75, 3.05) is 13.1 Å². The van der Waals surface area contributed by atoms with Crippen molar-refractivity contribution in [2.24, 2.45) is 0 Å². The van der Waals surface area contributed by atoms with Crippen LogP contribution in [-0.4, -0.2) is 18.1 Å². The molecule has 2 aromatic rings. The van der Waals surface area contributed by atoms with Crippen LogP contribution in [-0.2, 0) is 6.42 Å². The summed E-state index contributed by atoms with van der Waals surface area (Å²) >= 11 is 1.77. The first-order chi connectivity index (χ1) is 9.70. The number of nitrogens with one attached hydrogen (secondary N) is 1. The third kappa shape index (κ3) is 4.15. The summed E-state index contributed by atoms with van der Waals surface area (Å²) in [6.45, 7) is 8.67. The average Bonchev–Trinajstić information content (AvgIpc) is 2.90. The smallest absolute Gasteiger partial charge is 0.0945 e. The van der Waals surface area contributed by atoms with Crippen molar-refractivity contribution in [3.63, 3.8) is 0 Å². The summed E-state index contributed by atoms with van der Waals surface area (Å²) < 4.78 is 0. The number of aromatic nitrogens is 1. The maximum absolute atomic E-state index is 4.75. The molecule has 0 radical (unpaired) electrons. The molecule has 0 aliphatic heterocycles. The maximum atomic E-state index is 4.75. The van der Waals surface area contributed by atoms with Gasteiger partial charge in [-0.1, -0.05) is 25.5 Å². The summed E-state index contributed by atoms with van der Waals surface area (Å²) in [6.07, 6.45) is 3.53. The molecule has 0 fully saturated rings. The zero-order chi connectivity index (χ0) is 14.4. The van der Waals surface area contributed by atoms with Gasteiger partial charge in [-0.2, -0.15) is 0 Å². The Labute approximate surface area is 126 Å². The summed E-state index contributed by atoms with van der Waals surface area (Å²) in [6, 6.07) is 6.57. The fourth-order valence-electron chi connectivity index (χ4n) is 2.08. The number of unbranched alkanes of at least 4 members (excludes halogenated alkanes) is 1. The Balaban J connectivity index is 1.93. The molecule has 2 rings (SSSR count). The SMILES string of the molecule is CCCCNCCc1nc(-c2ccc(C)c(C)c2)cs1. The van der Waals surface area contributed by atoms with Gasteiger partial charge in [0.1, 0.15) is 0 Å². The molecule has 3 heteroatoms.